The Morgan fingerprint density at radius 1 is 1.11 bits per heavy atom. The lowest BCUT2D eigenvalue weighted by Gasteiger charge is -2.35. The van der Waals surface area contributed by atoms with Crippen LogP contribution in [-0.2, 0) is 11.8 Å². The second-order valence-electron chi connectivity index (χ2n) is 6.65. The number of morpholine rings is 1. The topological polar surface area (TPSA) is 93.5 Å². The molecule has 2 aromatic rings. The fourth-order valence-corrected chi connectivity index (χ4v) is 3.10. The van der Waals surface area contributed by atoms with Crippen LogP contribution in [0.15, 0.2) is 41.2 Å². The third-order valence-corrected chi connectivity index (χ3v) is 4.31. The third kappa shape index (κ3) is 4.22. The van der Waals surface area contributed by atoms with Crippen LogP contribution in [0.2, 0.25) is 0 Å². The normalized spacial score (nSPS) is 19.6. The Morgan fingerprint density at radius 2 is 1.78 bits per heavy atom. The number of carbonyl (C=O) groups is 2. The van der Waals surface area contributed by atoms with E-state index in [4.69, 9.17) is 4.74 Å². The summed E-state index contributed by atoms with van der Waals surface area (Å²) in [6.45, 7) is 4.84. The number of hydrogen-bond donors (Lipinski definition) is 1. The predicted molar refractivity (Wildman–Crippen MR) is 99.8 cm³/mol. The lowest BCUT2D eigenvalue weighted by atomic mass is 10.1. The van der Waals surface area contributed by atoms with Crippen molar-refractivity contribution in [2.45, 2.75) is 26.1 Å². The van der Waals surface area contributed by atoms with Crippen molar-refractivity contribution in [2.24, 2.45) is 7.05 Å². The van der Waals surface area contributed by atoms with Gasteiger partial charge in [-0.25, -0.2) is 4.68 Å². The van der Waals surface area contributed by atoms with Crippen molar-refractivity contribution in [3.63, 3.8) is 0 Å². The summed E-state index contributed by atoms with van der Waals surface area (Å²) in [5, 5.41) is 6.65. The Bertz CT molecular complexity index is 914. The maximum atomic E-state index is 13.0. The highest BCUT2D eigenvalue weighted by Crippen LogP contribution is 2.21. The van der Waals surface area contributed by atoms with Crippen LogP contribution in [-0.4, -0.2) is 51.8 Å². The molecule has 0 aliphatic carbocycles. The lowest BCUT2D eigenvalue weighted by Crippen LogP contribution is -2.48. The highest BCUT2D eigenvalue weighted by molar-refractivity contribution is 6.08. The average Bonchev–Trinajstić information content (AvgIpc) is 2.63. The predicted octanol–water partition coefficient (Wildman–Crippen LogP) is 1.28. The van der Waals surface area contributed by atoms with Crippen molar-refractivity contribution >= 4 is 17.5 Å². The maximum Gasteiger partial charge on any atom is 0.276 e. The monoisotopic (exact) mass is 370 g/mol. The molecule has 1 N–H and O–H groups in total. The number of anilines is 1. The summed E-state index contributed by atoms with van der Waals surface area (Å²) in [4.78, 5) is 38.6. The molecule has 0 radical (unpaired) electrons. The molecule has 1 fully saturated rings. The van der Waals surface area contributed by atoms with Crippen LogP contribution >= 0.6 is 0 Å². The van der Waals surface area contributed by atoms with Crippen molar-refractivity contribution in [1.82, 2.24) is 14.7 Å². The molecule has 1 aromatic heterocycles. The molecule has 1 aromatic carbocycles. The summed E-state index contributed by atoms with van der Waals surface area (Å²) in [5.74, 6) is -0.657. The average molecular weight is 370 g/mol. The molecule has 142 valence electrons. The lowest BCUT2D eigenvalue weighted by molar-refractivity contribution is -0.0585. The molecular weight excluding hydrogens is 348 g/mol. The second-order valence-corrected chi connectivity index (χ2v) is 6.65. The quantitative estimate of drug-likeness (QED) is 0.879. The molecule has 0 spiro atoms. The van der Waals surface area contributed by atoms with Crippen LogP contribution in [0, 0.1) is 0 Å². The first-order valence-electron chi connectivity index (χ1n) is 8.74. The highest BCUT2D eigenvalue weighted by Gasteiger charge is 2.28. The van der Waals surface area contributed by atoms with E-state index in [-0.39, 0.29) is 29.4 Å². The summed E-state index contributed by atoms with van der Waals surface area (Å²) in [7, 11) is 1.47. The third-order valence-electron chi connectivity index (χ3n) is 4.31. The molecule has 2 heterocycles. The number of ether oxygens (including phenoxy) is 1. The van der Waals surface area contributed by atoms with Crippen LogP contribution < -0.4 is 10.9 Å². The smallest absolute Gasteiger partial charge is 0.276 e. The van der Waals surface area contributed by atoms with E-state index in [1.54, 1.807) is 29.2 Å². The van der Waals surface area contributed by atoms with E-state index in [0.29, 0.717) is 24.3 Å². The number of nitrogens with one attached hydrogen (secondary N) is 1. The van der Waals surface area contributed by atoms with Crippen LogP contribution in [0.25, 0.3) is 0 Å². The number of aromatic nitrogens is 2. The van der Waals surface area contributed by atoms with E-state index in [9.17, 15) is 14.4 Å². The summed E-state index contributed by atoms with van der Waals surface area (Å²) >= 11 is 0. The number of hydrogen-bond acceptors (Lipinski definition) is 5. The van der Waals surface area contributed by atoms with Gasteiger partial charge in [-0.3, -0.25) is 14.4 Å². The van der Waals surface area contributed by atoms with Crippen molar-refractivity contribution in [1.29, 1.82) is 0 Å². The highest BCUT2D eigenvalue weighted by atomic mass is 16.5. The van der Waals surface area contributed by atoms with E-state index < -0.39 is 5.91 Å². The summed E-state index contributed by atoms with van der Waals surface area (Å²) in [6, 6.07) is 9.46. The molecule has 8 nitrogen and oxygen atoms in total. The maximum absolute atomic E-state index is 13.0. The number of rotatable bonds is 3. The Labute approximate surface area is 156 Å². The Kier molecular flexibility index (Phi) is 5.36. The van der Waals surface area contributed by atoms with Crippen LogP contribution in [0.5, 0.6) is 0 Å². The van der Waals surface area contributed by atoms with Crippen LogP contribution in [0.4, 0.5) is 5.69 Å². The fourth-order valence-electron chi connectivity index (χ4n) is 3.10. The van der Waals surface area contributed by atoms with Gasteiger partial charge in [-0.05, 0) is 32.0 Å². The molecule has 3 rings (SSSR count). The Balaban J connectivity index is 1.83. The van der Waals surface area contributed by atoms with Crippen molar-refractivity contribution in [3.8, 4) is 0 Å². The van der Waals surface area contributed by atoms with Crippen molar-refractivity contribution in [3.05, 3.63) is 58.0 Å². The first-order chi connectivity index (χ1) is 12.8. The molecule has 27 heavy (non-hydrogen) atoms. The number of aryl methyl sites for hydroxylation is 1. The largest absolute Gasteiger partial charge is 0.372 e. The Morgan fingerprint density at radius 3 is 2.44 bits per heavy atom. The van der Waals surface area contributed by atoms with E-state index in [1.165, 1.54) is 19.2 Å². The molecule has 1 aliphatic rings. The molecule has 0 unspecified atom stereocenters. The van der Waals surface area contributed by atoms with Gasteiger partial charge < -0.3 is 15.0 Å². The minimum Gasteiger partial charge on any atom is -0.372 e. The summed E-state index contributed by atoms with van der Waals surface area (Å²) in [6.07, 6.45) is -0.0940. The van der Waals surface area contributed by atoms with Crippen molar-refractivity contribution in [2.75, 3.05) is 18.4 Å². The molecular formula is C19H22N4O4. The van der Waals surface area contributed by atoms with E-state index in [1.807, 2.05) is 13.8 Å². The van der Waals surface area contributed by atoms with Gasteiger partial charge in [-0.15, -0.1) is 0 Å². The van der Waals surface area contributed by atoms with Crippen LogP contribution in [0.1, 0.15) is 34.7 Å². The number of nitrogens with zero attached hydrogens (tertiary/aromatic N) is 3. The second kappa shape index (κ2) is 7.71. The molecule has 0 bridgehead atoms. The number of carbonyl (C=O) groups excluding carboxylic acids is 2. The molecule has 8 heteroatoms. The van der Waals surface area contributed by atoms with Gasteiger partial charge in [-0.2, -0.15) is 5.10 Å². The number of benzene rings is 1. The van der Waals surface area contributed by atoms with Crippen molar-refractivity contribution < 1.29 is 14.3 Å². The molecule has 1 aliphatic heterocycles. The first-order valence-corrected chi connectivity index (χ1v) is 8.74. The van der Waals surface area contributed by atoms with Gasteiger partial charge in [-0.1, -0.05) is 12.1 Å². The minimum atomic E-state index is -0.491. The Hall–Kier alpha value is -3.00. The van der Waals surface area contributed by atoms with Gasteiger partial charge in [0, 0.05) is 26.2 Å². The van der Waals surface area contributed by atoms with E-state index in [2.05, 4.69) is 10.4 Å². The van der Waals surface area contributed by atoms with Crippen LogP contribution in [0.3, 0.4) is 0 Å². The van der Waals surface area contributed by atoms with Gasteiger partial charge in [0.15, 0.2) is 0 Å². The first kappa shape index (κ1) is 18.8. The zero-order chi connectivity index (χ0) is 19.6. The number of amides is 2. The van der Waals surface area contributed by atoms with Gasteiger partial charge in [0.2, 0.25) is 0 Å². The van der Waals surface area contributed by atoms with E-state index in [0.717, 1.165) is 4.68 Å². The summed E-state index contributed by atoms with van der Waals surface area (Å²) < 4.78 is 6.76. The van der Waals surface area contributed by atoms with E-state index >= 15 is 0 Å². The van der Waals surface area contributed by atoms with Gasteiger partial charge in [0.1, 0.15) is 5.69 Å². The number of para-hydroxylation sites is 1. The minimum absolute atomic E-state index is 0.0470. The van der Waals surface area contributed by atoms with Gasteiger partial charge in [0.05, 0.1) is 23.5 Å². The zero-order valence-electron chi connectivity index (χ0n) is 15.5. The standard InChI is InChI=1S/C19H22N4O4/c1-12-10-23(11-13(2)27-12)19(26)14-6-4-5-7-15(14)20-18(25)16-8-9-17(24)22(3)21-16/h4-9,12-13H,10-11H2,1-3H3,(H,20,25)/t12-,13+. The zero-order valence-corrected chi connectivity index (χ0v) is 15.5. The molecule has 2 atom stereocenters. The summed E-state index contributed by atoms with van der Waals surface area (Å²) in [5.41, 5.74) is 0.581. The van der Waals surface area contributed by atoms with Gasteiger partial charge >= 0.3 is 0 Å². The van der Waals surface area contributed by atoms with Gasteiger partial charge in [0.25, 0.3) is 17.4 Å². The fraction of sp³-hybridized carbons (Fsp3) is 0.368. The molecule has 0 saturated carbocycles. The SMILES string of the molecule is C[C@@H]1CN(C(=O)c2ccccc2NC(=O)c2ccc(=O)n(C)n2)C[C@H](C)O1. The molecule has 1 saturated heterocycles. The molecule has 2 amide bonds.